The van der Waals surface area contributed by atoms with Crippen LogP contribution in [0.5, 0.6) is 0 Å². The average molecular weight is 317 g/mol. The molecule has 2 rings (SSSR count). The second-order valence-corrected chi connectivity index (χ2v) is 7.01. The highest BCUT2D eigenvalue weighted by Gasteiger charge is 2.30. The zero-order valence-corrected chi connectivity index (χ0v) is 12.7. The number of amides is 1. The highest BCUT2D eigenvalue weighted by Crippen LogP contribution is 2.29. The molecule has 0 radical (unpaired) electrons. The molecule has 1 N–H and O–H groups in total. The first-order chi connectivity index (χ1) is 8.00. The third-order valence-electron chi connectivity index (χ3n) is 3.13. The number of carbonyl (C=O) groups is 1. The van der Waals surface area contributed by atoms with Crippen LogP contribution < -0.4 is 5.32 Å². The van der Waals surface area contributed by atoms with Gasteiger partial charge in [0.2, 0.25) is 0 Å². The molecule has 0 spiro atoms. The normalized spacial score (nSPS) is 25.1. The summed E-state index contributed by atoms with van der Waals surface area (Å²) in [6.07, 6.45) is 0. The molecular formula is C12H17BrN2OS. The van der Waals surface area contributed by atoms with Crippen molar-refractivity contribution in [1.29, 1.82) is 0 Å². The van der Waals surface area contributed by atoms with Crippen LogP contribution in [0.2, 0.25) is 0 Å². The minimum Gasteiger partial charge on any atom is -0.330 e. The molecule has 1 aliphatic rings. The van der Waals surface area contributed by atoms with Crippen LogP contribution in [0.3, 0.4) is 0 Å². The standard InChI is InChI=1S/C12H17BrN2OS/c1-7-4-10(17-11(7)13)12(16)15-8(2)5-14-6-9(15)3/h4,8-9,14H,5-6H2,1-3H3. The van der Waals surface area contributed by atoms with Crippen molar-refractivity contribution in [3.63, 3.8) is 0 Å². The van der Waals surface area contributed by atoms with Crippen LogP contribution in [0, 0.1) is 6.92 Å². The van der Waals surface area contributed by atoms with Crippen molar-refractivity contribution in [2.24, 2.45) is 0 Å². The van der Waals surface area contributed by atoms with Crippen molar-refractivity contribution in [3.05, 3.63) is 20.3 Å². The predicted molar refractivity (Wildman–Crippen MR) is 74.7 cm³/mol. The molecule has 0 saturated carbocycles. The number of halogens is 1. The van der Waals surface area contributed by atoms with Crippen LogP contribution in [0.1, 0.15) is 29.1 Å². The number of piperazine rings is 1. The molecule has 0 aromatic carbocycles. The van der Waals surface area contributed by atoms with Crippen molar-refractivity contribution < 1.29 is 4.79 Å². The van der Waals surface area contributed by atoms with Gasteiger partial charge in [0.15, 0.2) is 0 Å². The molecule has 2 unspecified atom stereocenters. The third-order valence-corrected chi connectivity index (χ3v) is 5.26. The Morgan fingerprint density at radius 3 is 2.53 bits per heavy atom. The number of hydrogen-bond acceptors (Lipinski definition) is 3. The van der Waals surface area contributed by atoms with Crippen molar-refractivity contribution in [1.82, 2.24) is 10.2 Å². The Kier molecular flexibility index (Phi) is 3.90. The molecule has 1 aromatic heterocycles. The maximum absolute atomic E-state index is 12.5. The van der Waals surface area contributed by atoms with Gasteiger partial charge in [-0.2, -0.15) is 0 Å². The first-order valence-electron chi connectivity index (χ1n) is 5.80. The van der Waals surface area contributed by atoms with Crippen molar-refractivity contribution in [3.8, 4) is 0 Å². The Bertz CT molecular complexity index is 403. The minimum absolute atomic E-state index is 0.158. The Morgan fingerprint density at radius 1 is 1.47 bits per heavy atom. The predicted octanol–water partition coefficient (Wildman–Crippen LogP) is 2.64. The van der Waals surface area contributed by atoms with Gasteiger partial charge in [-0.1, -0.05) is 0 Å². The van der Waals surface area contributed by atoms with E-state index in [9.17, 15) is 4.79 Å². The molecule has 0 bridgehead atoms. The molecule has 2 atom stereocenters. The van der Waals surface area contributed by atoms with Gasteiger partial charge in [0.25, 0.3) is 5.91 Å². The highest BCUT2D eigenvalue weighted by molar-refractivity contribution is 9.11. The lowest BCUT2D eigenvalue weighted by Crippen LogP contribution is -2.57. The van der Waals surface area contributed by atoms with E-state index < -0.39 is 0 Å². The lowest BCUT2D eigenvalue weighted by molar-refractivity contribution is 0.0549. The van der Waals surface area contributed by atoms with E-state index in [-0.39, 0.29) is 18.0 Å². The number of rotatable bonds is 1. The van der Waals surface area contributed by atoms with Gasteiger partial charge < -0.3 is 10.2 Å². The molecule has 0 aliphatic carbocycles. The minimum atomic E-state index is 0.158. The number of nitrogens with one attached hydrogen (secondary N) is 1. The maximum atomic E-state index is 12.5. The quantitative estimate of drug-likeness (QED) is 0.864. The first-order valence-corrected chi connectivity index (χ1v) is 7.41. The van der Waals surface area contributed by atoms with Gasteiger partial charge in [0.05, 0.1) is 8.66 Å². The Labute approximate surface area is 114 Å². The Balaban J connectivity index is 2.23. The smallest absolute Gasteiger partial charge is 0.264 e. The van der Waals surface area contributed by atoms with Gasteiger partial charge >= 0.3 is 0 Å². The molecule has 2 heterocycles. The number of hydrogen-bond donors (Lipinski definition) is 1. The summed E-state index contributed by atoms with van der Waals surface area (Å²) in [4.78, 5) is 15.3. The van der Waals surface area contributed by atoms with Crippen LogP contribution in [0.25, 0.3) is 0 Å². The van der Waals surface area contributed by atoms with Crippen LogP contribution in [-0.2, 0) is 0 Å². The third kappa shape index (κ3) is 2.56. The molecular weight excluding hydrogens is 300 g/mol. The SMILES string of the molecule is Cc1cc(C(=O)N2C(C)CNCC2C)sc1Br. The lowest BCUT2D eigenvalue weighted by Gasteiger charge is -2.39. The molecule has 3 nitrogen and oxygen atoms in total. The van der Waals surface area contributed by atoms with Crippen molar-refractivity contribution in [2.45, 2.75) is 32.9 Å². The van der Waals surface area contributed by atoms with E-state index in [0.717, 1.165) is 27.3 Å². The number of carbonyl (C=O) groups excluding carboxylic acids is 1. The fraction of sp³-hybridized carbons (Fsp3) is 0.583. The van der Waals surface area contributed by atoms with Crippen LogP contribution in [0.15, 0.2) is 9.85 Å². The summed E-state index contributed by atoms with van der Waals surface area (Å²) in [5.74, 6) is 0.158. The van der Waals surface area contributed by atoms with Gasteiger partial charge in [-0.05, 0) is 48.3 Å². The first kappa shape index (κ1) is 13.1. The van der Waals surface area contributed by atoms with E-state index in [1.807, 2.05) is 17.9 Å². The van der Waals surface area contributed by atoms with Crippen LogP contribution >= 0.6 is 27.3 Å². The average Bonchev–Trinajstić information content (AvgIpc) is 2.59. The molecule has 5 heteroatoms. The summed E-state index contributed by atoms with van der Waals surface area (Å²) in [6.45, 7) is 7.96. The topological polar surface area (TPSA) is 32.3 Å². The van der Waals surface area contributed by atoms with Gasteiger partial charge in [0, 0.05) is 25.2 Å². The van der Waals surface area contributed by atoms with E-state index in [2.05, 4.69) is 35.1 Å². The number of aryl methyl sites for hydroxylation is 1. The van der Waals surface area contributed by atoms with E-state index in [0.29, 0.717) is 0 Å². The molecule has 17 heavy (non-hydrogen) atoms. The van der Waals surface area contributed by atoms with Gasteiger partial charge in [-0.25, -0.2) is 0 Å². The Hall–Kier alpha value is -0.390. The maximum Gasteiger partial charge on any atom is 0.264 e. The zero-order valence-electron chi connectivity index (χ0n) is 10.3. The number of thiophene rings is 1. The Morgan fingerprint density at radius 2 is 2.06 bits per heavy atom. The van der Waals surface area contributed by atoms with Gasteiger partial charge in [-0.3, -0.25) is 4.79 Å². The number of nitrogens with zero attached hydrogens (tertiary/aromatic N) is 1. The lowest BCUT2D eigenvalue weighted by atomic mass is 10.1. The van der Waals surface area contributed by atoms with Crippen molar-refractivity contribution in [2.75, 3.05) is 13.1 Å². The van der Waals surface area contributed by atoms with Crippen molar-refractivity contribution >= 4 is 33.2 Å². The van der Waals surface area contributed by atoms with E-state index in [1.165, 1.54) is 11.3 Å². The highest BCUT2D eigenvalue weighted by atomic mass is 79.9. The molecule has 1 amide bonds. The summed E-state index contributed by atoms with van der Waals surface area (Å²) in [6, 6.07) is 2.48. The second-order valence-electron chi connectivity index (χ2n) is 4.64. The van der Waals surface area contributed by atoms with E-state index >= 15 is 0 Å². The summed E-state index contributed by atoms with van der Waals surface area (Å²) in [5, 5.41) is 3.34. The van der Waals surface area contributed by atoms with Gasteiger partial charge in [-0.15, -0.1) is 11.3 Å². The summed E-state index contributed by atoms with van der Waals surface area (Å²) in [7, 11) is 0. The second kappa shape index (κ2) is 5.08. The zero-order chi connectivity index (χ0) is 12.6. The summed E-state index contributed by atoms with van der Waals surface area (Å²) in [5.41, 5.74) is 1.13. The van der Waals surface area contributed by atoms with E-state index in [4.69, 9.17) is 0 Å². The molecule has 1 aromatic rings. The summed E-state index contributed by atoms with van der Waals surface area (Å²) >= 11 is 5.00. The van der Waals surface area contributed by atoms with Crippen LogP contribution in [0.4, 0.5) is 0 Å². The van der Waals surface area contributed by atoms with Gasteiger partial charge in [0.1, 0.15) is 0 Å². The monoisotopic (exact) mass is 316 g/mol. The molecule has 1 saturated heterocycles. The fourth-order valence-corrected chi connectivity index (χ4v) is 3.70. The molecule has 1 fully saturated rings. The van der Waals surface area contributed by atoms with E-state index in [1.54, 1.807) is 0 Å². The summed E-state index contributed by atoms with van der Waals surface area (Å²) < 4.78 is 1.05. The van der Waals surface area contributed by atoms with Crippen LogP contribution in [-0.4, -0.2) is 36.0 Å². The largest absolute Gasteiger partial charge is 0.330 e. The fourth-order valence-electron chi connectivity index (χ4n) is 2.23. The molecule has 1 aliphatic heterocycles. The molecule has 94 valence electrons.